The van der Waals surface area contributed by atoms with Crippen molar-refractivity contribution >= 4 is 0 Å². The van der Waals surface area contributed by atoms with Crippen LogP contribution in [0.25, 0.3) is 0 Å². The van der Waals surface area contributed by atoms with Crippen molar-refractivity contribution in [2.45, 2.75) is 52.6 Å². The van der Waals surface area contributed by atoms with E-state index in [0.29, 0.717) is 12.1 Å². The second-order valence-electron chi connectivity index (χ2n) is 4.26. The summed E-state index contributed by atoms with van der Waals surface area (Å²) in [6.45, 7) is 16.2. The highest BCUT2D eigenvalue weighted by Gasteiger charge is 2.05. The van der Waals surface area contributed by atoms with Crippen LogP contribution in [-0.4, -0.2) is 36.6 Å². The monoisotopic (exact) mass is 212 g/mol. The van der Waals surface area contributed by atoms with E-state index >= 15 is 0 Å². The average Bonchev–Trinajstić information content (AvgIpc) is 2.24. The van der Waals surface area contributed by atoms with Crippen LogP contribution < -0.4 is 5.32 Å². The molecule has 0 aliphatic carbocycles. The molecule has 1 N–H and O–H groups in total. The molecular formula is C13H28N2. The topological polar surface area (TPSA) is 15.3 Å². The van der Waals surface area contributed by atoms with E-state index in [1.807, 2.05) is 6.08 Å². The molecule has 0 saturated carbocycles. The first kappa shape index (κ1) is 14.7. The molecule has 0 amide bonds. The largest absolute Gasteiger partial charge is 0.308 e. The summed E-state index contributed by atoms with van der Waals surface area (Å²) in [5.41, 5.74) is 0. The van der Waals surface area contributed by atoms with Gasteiger partial charge in [-0.05, 0) is 46.3 Å². The van der Waals surface area contributed by atoms with Crippen LogP contribution in [0.1, 0.15) is 40.5 Å². The van der Waals surface area contributed by atoms with Gasteiger partial charge in [0.15, 0.2) is 0 Å². The predicted octanol–water partition coefficient (Wildman–Crippen LogP) is 2.66. The first-order valence-corrected chi connectivity index (χ1v) is 6.24. The van der Waals surface area contributed by atoms with E-state index in [4.69, 9.17) is 0 Å². The fourth-order valence-corrected chi connectivity index (χ4v) is 1.76. The van der Waals surface area contributed by atoms with Gasteiger partial charge in [0.05, 0.1) is 0 Å². The van der Waals surface area contributed by atoms with Crippen LogP contribution >= 0.6 is 0 Å². The van der Waals surface area contributed by atoms with E-state index in [2.05, 4.69) is 44.5 Å². The molecule has 0 rings (SSSR count). The Balaban J connectivity index is 3.53. The summed E-state index contributed by atoms with van der Waals surface area (Å²) < 4.78 is 0. The van der Waals surface area contributed by atoms with Gasteiger partial charge in [0.25, 0.3) is 0 Å². The van der Waals surface area contributed by atoms with Crippen molar-refractivity contribution in [3.8, 4) is 0 Å². The first-order valence-electron chi connectivity index (χ1n) is 6.24. The van der Waals surface area contributed by atoms with E-state index in [0.717, 1.165) is 0 Å². The summed E-state index contributed by atoms with van der Waals surface area (Å²) in [7, 11) is 0. The van der Waals surface area contributed by atoms with Crippen molar-refractivity contribution < 1.29 is 0 Å². The highest BCUT2D eigenvalue weighted by molar-refractivity contribution is 4.83. The maximum Gasteiger partial charge on any atom is 0.0221 e. The molecule has 0 spiro atoms. The Morgan fingerprint density at radius 1 is 1.27 bits per heavy atom. The second-order valence-corrected chi connectivity index (χ2v) is 4.26. The summed E-state index contributed by atoms with van der Waals surface area (Å²) >= 11 is 0. The van der Waals surface area contributed by atoms with Gasteiger partial charge < -0.3 is 10.2 Å². The highest BCUT2D eigenvalue weighted by Crippen LogP contribution is 2.00. The van der Waals surface area contributed by atoms with Gasteiger partial charge in [-0.15, -0.1) is 6.58 Å². The predicted molar refractivity (Wildman–Crippen MR) is 69.3 cm³/mol. The zero-order valence-electron chi connectivity index (χ0n) is 10.9. The molecule has 0 aromatic carbocycles. The molecule has 2 atom stereocenters. The molecule has 0 aromatic rings. The Kier molecular flexibility index (Phi) is 8.73. The third-order valence-corrected chi connectivity index (χ3v) is 2.91. The molecule has 0 bridgehead atoms. The van der Waals surface area contributed by atoms with Gasteiger partial charge in [0.2, 0.25) is 0 Å². The van der Waals surface area contributed by atoms with Gasteiger partial charge in [-0.1, -0.05) is 19.9 Å². The average molecular weight is 212 g/mol. The van der Waals surface area contributed by atoms with Crippen molar-refractivity contribution in [3.05, 3.63) is 12.7 Å². The van der Waals surface area contributed by atoms with Crippen molar-refractivity contribution in [2.75, 3.05) is 19.6 Å². The SMILES string of the molecule is C=CC(C)NC(C)CCCN(CC)CC. The van der Waals surface area contributed by atoms with Gasteiger partial charge in [0, 0.05) is 12.1 Å². The third kappa shape index (κ3) is 7.57. The number of hydrogen-bond acceptors (Lipinski definition) is 2. The quantitative estimate of drug-likeness (QED) is 0.591. The molecule has 0 saturated heterocycles. The Labute approximate surface area is 95.7 Å². The second kappa shape index (κ2) is 8.93. The fourth-order valence-electron chi connectivity index (χ4n) is 1.76. The lowest BCUT2D eigenvalue weighted by molar-refractivity contribution is 0.289. The highest BCUT2D eigenvalue weighted by atomic mass is 15.1. The lowest BCUT2D eigenvalue weighted by atomic mass is 10.1. The van der Waals surface area contributed by atoms with Gasteiger partial charge in [-0.3, -0.25) is 0 Å². The molecule has 2 nitrogen and oxygen atoms in total. The summed E-state index contributed by atoms with van der Waals surface area (Å²) in [4.78, 5) is 2.48. The molecule has 0 radical (unpaired) electrons. The number of rotatable bonds is 9. The summed E-state index contributed by atoms with van der Waals surface area (Å²) in [5.74, 6) is 0. The van der Waals surface area contributed by atoms with E-state index in [1.165, 1.54) is 32.5 Å². The van der Waals surface area contributed by atoms with Crippen LogP contribution in [0.3, 0.4) is 0 Å². The normalized spacial score (nSPS) is 15.3. The number of nitrogens with zero attached hydrogens (tertiary/aromatic N) is 1. The van der Waals surface area contributed by atoms with Crippen LogP contribution in [0.2, 0.25) is 0 Å². The van der Waals surface area contributed by atoms with Gasteiger partial charge in [0.1, 0.15) is 0 Å². The number of hydrogen-bond donors (Lipinski definition) is 1. The molecule has 0 aliphatic heterocycles. The van der Waals surface area contributed by atoms with Gasteiger partial charge in [-0.25, -0.2) is 0 Å². The molecule has 0 fully saturated rings. The van der Waals surface area contributed by atoms with Crippen molar-refractivity contribution in [1.29, 1.82) is 0 Å². The van der Waals surface area contributed by atoms with Crippen molar-refractivity contribution in [3.63, 3.8) is 0 Å². The maximum atomic E-state index is 3.78. The van der Waals surface area contributed by atoms with Crippen LogP contribution in [0.5, 0.6) is 0 Å². The zero-order valence-corrected chi connectivity index (χ0v) is 10.9. The lowest BCUT2D eigenvalue weighted by Crippen LogP contribution is -2.34. The fraction of sp³-hybridized carbons (Fsp3) is 0.846. The third-order valence-electron chi connectivity index (χ3n) is 2.91. The van der Waals surface area contributed by atoms with Crippen molar-refractivity contribution in [2.24, 2.45) is 0 Å². The lowest BCUT2D eigenvalue weighted by Gasteiger charge is -2.21. The van der Waals surface area contributed by atoms with E-state index in [-0.39, 0.29) is 0 Å². The van der Waals surface area contributed by atoms with Gasteiger partial charge in [-0.2, -0.15) is 0 Å². The van der Waals surface area contributed by atoms with Crippen LogP contribution in [0, 0.1) is 0 Å². The van der Waals surface area contributed by atoms with Crippen molar-refractivity contribution in [1.82, 2.24) is 10.2 Å². The van der Waals surface area contributed by atoms with Crippen LogP contribution in [0.15, 0.2) is 12.7 Å². The Bertz CT molecular complexity index is 153. The molecule has 2 unspecified atom stereocenters. The van der Waals surface area contributed by atoms with E-state index < -0.39 is 0 Å². The molecule has 0 heterocycles. The molecule has 0 aromatic heterocycles. The van der Waals surface area contributed by atoms with Gasteiger partial charge >= 0.3 is 0 Å². The molecule has 0 aliphatic rings. The molecule has 2 heteroatoms. The summed E-state index contributed by atoms with van der Waals surface area (Å²) in [6.07, 6.45) is 4.48. The standard InChI is InChI=1S/C13H28N2/c1-6-12(4)14-13(5)10-9-11-15(7-2)8-3/h6,12-14H,1,7-11H2,2-5H3. The minimum atomic E-state index is 0.424. The molecular weight excluding hydrogens is 184 g/mol. The van der Waals surface area contributed by atoms with Crippen LogP contribution in [0.4, 0.5) is 0 Å². The van der Waals surface area contributed by atoms with E-state index in [9.17, 15) is 0 Å². The number of nitrogens with one attached hydrogen (secondary N) is 1. The smallest absolute Gasteiger partial charge is 0.0221 e. The molecule has 90 valence electrons. The minimum Gasteiger partial charge on any atom is -0.308 e. The summed E-state index contributed by atoms with van der Waals surface area (Å²) in [6, 6.07) is 1.02. The maximum absolute atomic E-state index is 3.78. The zero-order chi connectivity index (χ0) is 11.7. The Morgan fingerprint density at radius 2 is 1.87 bits per heavy atom. The molecule has 15 heavy (non-hydrogen) atoms. The summed E-state index contributed by atoms with van der Waals surface area (Å²) in [5, 5.41) is 3.50. The Hall–Kier alpha value is -0.340. The van der Waals surface area contributed by atoms with Crippen LogP contribution in [-0.2, 0) is 0 Å². The van der Waals surface area contributed by atoms with E-state index in [1.54, 1.807) is 0 Å². The first-order chi connectivity index (χ1) is 7.13. The Morgan fingerprint density at radius 3 is 2.33 bits per heavy atom. The minimum absolute atomic E-state index is 0.424.